The minimum absolute atomic E-state index is 0.113. The monoisotopic (exact) mass is 392 g/mol. The van der Waals surface area contributed by atoms with Gasteiger partial charge in [-0.25, -0.2) is 4.79 Å². The number of hydrogen-bond donors (Lipinski definition) is 2. The minimum atomic E-state index is -1.10. The van der Waals surface area contributed by atoms with Crippen molar-refractivity contribution in [2.75, 3.05) is 6.54 Å². The minimum Gasteiger partial charge on any atom is -0.480 e. The van der Waals surface area contributed by atoms with E-state index < -0.39 is 17.9 Å². The molecule has 1 aliphatic rings. The highest BCUT2D eigenvalue weighted by Gasteiger charge is 2.34. The molecule has 2 N–H and O–H groups in total. The number of aliphatic carboxylic acids is 1. The Balaban J connectivity index is 2.04. The van der Waals surface area contributed by atoms with Crippen LogP contribution >= 0.6 is 24.0 Å². The van der Waals surface area contributed by atoms with Crippen LogP contribution < -0.4 is 5.32 Å². The van der Waals surface area contributed by atoms with Gasteiger partial charge in [0, 0.05) is 0 Å². The van der Waals surface area contributed by atoms with Gasteiger partial charge in [0.15, 0.2) is 0 Å². The Morgan fingerprint density at radius 3 is 2.54 bits per heavy atom. The van der Waals surface area contributed by atoms with E-state index in [2.05, 4.69) is 5.32 Å². The van der Waals surface area contributed by atoms with E-state index in [1.54, 1.807) is 6.08 Å². The molecule has 0 aliphatic carbocycles. The van der Waals surface area contributed by atoms with Gasteiger partial charge in [0.05, 0.1) is 4.91 Å². The van der Waals surface area contributed by atoms with E-state index in [0.717, 1.165) is 17.3 Å². The number of rotatable bonds is 7. The third kappa shape index (κ3) is 5.40. The number of nitrogens with zero attached hydrogens (tertiary/aromatic N) is 1. The summed E-state index contributed by atoms with van der Waals surface area (Å²) >= 11 is 6.32. The van der Waals surface area contributed by atoms with Gasteiger partial charge in [-0.1, -0.05) is 68.2 Å². The first-order valence-corrected chi connectivity index (χ1v) is 9.33. The Morgan fingerprint density at radius 1 is 1.31 bits per heavy atom. The van der Waals surface area contributed by atoms with Crippen LogP contribution in [0.3, 0.4) is 0 Å². The van der Waals surface area contributed by atoms with Crippen LogP contribution in [-0.2, 0) is 14.4 Å². The average Bonchev–Trinajstić information content (AvgIpc) is 2.82. The number of thiocarbonyl (C=S) groups is 1. The molecule has 1 aliphatic heterocycles. The quantitative estimate of drug-likeness (QED) is 0.548. The van der Waals surface area contributed by atoms with E-state index in [9.17, 15) is 19.5 Å². The molecule has 8 heteroatoms. The summed E-state index contributed by atoms with van der Waals surface area (Å²) in [5.41, 5.74) is 0.861. The smallest absolute Gasteiger partial charge is 0.326 e. The number of carboxylic acids is 1. The van der Waals surface area contributed by atoms with E-state index >= 15 is 0 Å². The van der Waals surface area contributed by atoms with E-state index in [-0.39, 0.29) is 22.7 Å². The summed E-state index contributed by atoms with van der Waals surface area (Å²) in [5.74, 6) is -1.88. The molecule has 0 saturated carbocycles. The Kier molecular flexibility index (Phi) is 6.93. The lowest BCUT2D eigenvalue weighted by atomic mass is 10.0. The maximum Gasteiger partial charge on any atom is 0.326 e. The largest absolute Gasteiger partial charge is 0.480 e. The molecule has 1 aromatic carbocycles. The zero-order chi connectivity index (χ0) is 19.3. The van der Waals surface area contributed by atoms with Crippen molar-refractivity contribution in [1.82, 2.24) is 10.2 Å². The van der Waals surface area contributed by atoms with Crippen molar-refractivity contribution in [1.29, 1.82) is 0 Å². The fourth-order valence-corrected chi connectivity index (χ4v) is 3.67. The van der Waals surface area contributed by atoms with Gasteiger partial charge in [-0.15, -0.1) is 0 Å². The first-order chi connectivity index (χ1) is 12.3. The van der Waals surface area contributed by atoms with Gasteiger partial charge in [0.2, 0.25) is 5.91 Å². The molecule has 1 atom stereocenters. The summed E-state index contributed by atoms with van der Waals surface area (Å²) < 4.78 is 0.281. The van der Waals surface area contributed by atoms with Gasteiger partial charge in [-0.05, 0) is 24.0 Å². The molecule has 1 saturated heterocycles. The Labute approximate surface area is 161 Å². The molecule has 2 rings (SSSR count). The number of hydrogen-bond acceptors (Lipinski definition) is 5. The highest BCUT2D eigenvalue weighted by molar-refractivity contribution is 8.26. The van der Waals surface area contributed by atoms with Crippen molar-refractivity contribution in [3.63, 3.8) is 0 Å². The number of benzene rings is 1. The molecule has 0 aromatic heterocycles. The van der Waals surface area contributed by atoms with Crippen molar-refractivity contribution in [2.45, 2.75) is 26.3 Å². The molecule has 0 bridgehead atoms. The summed E-state index contributed by atoms with van der Waals surface area (Å²) in [7, 11) is 0. The molecule has 1 heterocycles. The van der Waals surface area contributed by atoms with Crippen molar-refractivity contribution in [2.24, 2.45) is 5.92 Å². The fraction of sp³-hybridized carbons (Fsp3) is 0.333. The second kappa shape index (κ2) is 8.95. The first-order valence-electron chi connectivity index (χ1n) is 8.10. The SMILES string of the molecule is CC(C)C[C@@H](NC(=O)CN1C(=O)/C(=C/c2ccccc2)SC1=S)C(=O)O. The van der Waals surface area contributed by atoms with Gasteiger partial charge in [-0.3, -0.25) is 14.5 Å². The van der Waals surface area contributed by atoms with Crippen molar-refractivity contribution in [3.05, 3.63) is 40.8 Å². The van der Waals surface area contributed by atoms with Crippen LogP contribution in [0.5, 0.6) is 0 Å². The number of amides is 2. The van der Waals surface area contributed by atoms with Crippen molar-refractivity contribution >= 4 is 52.2 Å². The maximum atomic E-state index is 12.5. The van der Waals surface area contributed by atoms with E-state index in [0.29, 0.717) is 11.3 Å². The van der Waals surface area contributed by atoms with E-state index in [1.807, 2.05) is 44.2 Å². The zero-order valence-electron chi connectivity index (χ0n) is 14.5. The van der Waals surface area contributed by atoms with Crippen molar-refractivity contribution in [3.8, 4) is 0 Å². The van der Waals surface area contributed by atoms with Gasteiger partial charge >= 0.3 is 5.97 Å². The van der Waals surface area contributed by atoms with Crippen LogP contribution in [0.15, 0.2) is 35.2 Å². The number of carbonyl (C=O) groups excluding carboxylic acids is 2. The standard InChI is InChI=1S/C18H20N2O4S2/c1-11(2)8-13(17(23)24)19-15(21)10-20-16(22)14(26-18(20)25)9-12-6-4-3-5-7-12/h3-7,9,11,13H,8,10H2,1-2H3,(H,19,21)(H,23,24)/b14-9-/t13-/m1/s1. The van der Waals surface area contributed by atoms with E-state index in [1.165, 1.54) is 4.90 Å². The molecule has 1 aromatic rings. The van der Waals surface area contributed by atoms with Gasteiger partial charge in [-0.2, -0.15) is 0 Å². The zero-order valence-corrected chi connectivity index (χ0v) is 16.1. The maximum absolute atomic E-state index is 12.5. The molecular weight excluding hydrogens is 372 g/mol. The summed E-state index contributed by atoms with van der Waals surface area (Å²) in [5, 5.41) is 11.7. The topological polar surface area (TPSA) is 86.7 Å². The number of thioether (sulfide) groups is 1. The lowest BCUT2D eigenvalue weighted by Gasteiger charge is -2.19. The van der Waals surface area contributed by atoms with Crippen molar-refractivity contribution < 1.29 is 19.5 Å². The Hall–Kier alpha value is -2.19. The van der Waals surface area contributed by atoms with Crippen LogP contribution in [0.2, 0.25) is 0 Å². The summed E-state index contributed by atoms with van der Waals surface area (Å²) in [6.45, 7) is 3.45. The molecule has 138 valence electrons. The predicted molar refractivity (Wildman–Crippen MR) is 105 cm³/mol. The second-order valence-corrected chi connectivity index (χ2v) is 7.94. The lowest BCUT2D eigenvalue weighted by Crippen LogP contribution is -2.47. The number of carboxylic acid groups (broad SMARTS) is 1. The normalized spacial score (nSPS) is 17.0. The Bertz CT molecular complexity index is 747. The predicted octanol–water partition coefficient (Wildman–Crippen LogP) is 2.50. The van der Waals surface area contributed by atoms with Crippen LogP contribution in [0.25, 0.3) is 6.08 Å². The molecule has 0 unspecified atom stereocenters. The Morgan fingerprint density at radius 2 is 1.96 bits per heavy atom. The first kappa shape index (κ1) is 20.1. The van der Waals surface area contributed by atoms with Gasteiger partial charge in [0.25, 0.3) is 5.91 Å². The molecule has 2 amide bonds. The molecule has 0 spiro atoms. The van der Waals surface area contributed by atoms with Gasteiger partial charge in [0.1, 0.15) is 16.9 Å². The summed E-state index contributed by atoms with van der Waals surface area (Å²) in [6.07, 6.45) is 2.03. The van der Waals surface area contributed by atoms with Crippen LogP contribution in [-0.4, -0.2) is 44.7 Å². The molecule has 1 fully saturated rings. The highest BCUT2D eigenvalue weighted by atomic mass is 32.2. The number of carbonyl (C=O) groups is 3. The fourth-order valence-electron chi connectivity index (χ4n) is 2.41. The van der Waals surface area contributed by atoms with Crippen LogP contribution in [0, 0.1) is 5.92 Å². The second-order valence-electron chi connectivity index (χ2n) is 6.27. The summed E-state index contributed by atoms with van der Waals surface area (Å²) in [4.78, 5) is 37.6. The molecular formula is C18H20N2O4S2. The van der Waals surface area contributed by atoms with E-state index in [4.69, 9.17) is 12.2 Å². The number of nitrogens with one attached hydrogen (secondary N) is 1. The summed E-state index contributed by atoms with van der Waals surface area (Å²) in [6, 6.07) is 8.34. The average molecular weight is 393 g/mol. The van der Waals surface area contributed by atoms with Gasteiger partial charge < -0.3 is 10.4 Å². The third-order valence-electron chi connectivity index (χ3n) is 3.61. The third-order valence-corrected chi connectivity index (χ3v) is 4.99. The van der Waals surface area contributed by atoms with Crippen LogP contribution in [0.4, 0.5) is 0 Å². The molecule has 0 radical (unpaired) electrons. The molecule has 6 nitrogen and oxygen atoms in total. The lowest BCUT2D eigenvalue weighted by molar-refractivity contribution is -0.142. The molecule has 26 heavy (non-hydrogen) atoms. The van der Waals surface area contributed by atoms with Crippen LogP contribution in [0.1, 0.15) is 25.8 Å². The highest BCUT2D eigenvalue weighted by Crippen LogP contribution is 2.32.